The number of benzene rings is 2. The Balaban J connectivity index is 1.37. The summed E-state index contributed by atoms with van der Waals surface area (Å²) in [5.41, 5.74) is 2.40. The third-order valence-electron chi connectivity index (χ3n) is 6.22. The molecule has 29 heavy (non-hydrogen) atoms. The molecule has 5 nitrogen and oxygen atoms in total. The predicted octanol–water partition coefficient (Wildman–Crippen LogP) is 4.45. The summed E-state index contributed by atoms with van der Waals surface area (Å²) in [6.45, 7) is 4.11. The molecular formula is C23H26ClN3O2. The number of rotatable bonds is 3. The number of urea groups is 1. The van der Waals surface area contributed by atoms with Crippen molar-refractivity contribution in [3.63, 3.8) is 0 Å². The molecule has 4 rings (SSSR count). The second kappa shape index (κ2) is 8.07. The molecule has 152 valence electrons. The van der Waals surface area contributed by atoms with E-state index in [4.69, 9.17) is 11.6 Å². The van der Waals surface area contributed by atoms with E-state index in [2.05, 4.69) is 17.4 Å². The van der Waals surface area contributed by atoms with Gasteiger partial charge in [0.25, 0.3) is 0 Å². The predicted molar refractivity (Wildman–Crippen MR) is 115 cm³/mol. The van der Waals surface area contributed by atoms with Crippen LogP contribution < -0.4 is 5.32 Å². The van der Waals surface area contributed by atoms with Gasteiger partial charge in [-0.2, -0.15) is 0 Å². The number of anilines is 1. The van der Waals surface area contributed by atoms with Gasteiger partial charge in [0.2, 0.25) is 5.91 Å². The zero-order chi connectivity index (χ0) is 20.4. The fourth-order valence-corrected chi connectivity index (χ4v) is 4.38. The molecule has 0 spiro atoms. The summed E-state index contributed by atoms with van der Waals surface area (Å²) in [6, 6.07) is 15.5. The van der Waals surface area contributed by atoms with E-state index < -0.39 is 0 Å². The summed E-state index contributed by atoms with van der Waals surface area (Å²) in [6.07, 6.45) is 2.90. The molecule has 2 fully saturated rings. The van der Waals surface area contributed by atoms with Crippen molar-refractivity contribution in [1.82, 2.24) is 9.80 Å². The minimum absolute atomic E-state index is 0.154. The van der Waals surface area contributed by atoms with Gasteiger partial charge in [-0.1, -0.05) is 54.4 Å². The lowest BCUT2D eigenvalue weighted by Gasteiger charge is -2.46. The molecule has 1 aliphatic carbocycles. The van der Waals surface area contributed by atoms with Gasteiger partial charge in [0.05, 0.1) is 5.41 Å². The van der Waals surface area contributed by atoms with E-state index in [0.717, 1.165) is 30.4 Å². The van der Waals surface area contributed by atoms with Crippen LogP contribution in [-0.4, -0.2) is 47.9 Å². The Morgan fingerprint density at radius 3 is 2.21 bits per heavy atom. The van der Waals surface area contributed by atoms with Crippen LogP contribution in [0.3, 0.4) is 0 Å². The Morgan fingerprint density at radius 1 is 0.966 bits per heavy atom. The maximum absolute atomic E-state index is 13.3. The largest absolute Gasteiger partial charge is 0.338 e. The van der Waals surface area contributed by atoms with Crippen LogP contribution in [0.1, 0.15) is 30.4 Å². The van der Waals surface area contributed by atoms with Crippen molar-refractivity contribution in [2.75, 3.05) is 31.5 Å². The van der Waals surface area contributed by atoms with Gasteiger partial charge in [-0.3, -0.25) is 4.79 Å². The highest BCUT2D eigenvalue weighted by molar-refractivity contribution is 6.31. The molecule has 3 amide bonds. The smallest absolute Gasteiger partial charge is 0.321 e. The first kappa shape index (κ1) is 19.8. The molecule has 0 unspecified atom stereocenters. The molecule has 1 N–H and O–H groups in total. The van der Waals surface area contributed by atoms with E-state index in [0.29, 0.717) is 36.9 Å². The number of piperazine rings is 1. The van der Waals surface area contributed by atoms with Crippen molar-refractivity contribution in [3.05, 3.63) is 64.7 Å². The molecular weight excluding hydrogens is 386 g/mol. The molecule has 0 bridgehead atoms. The minimum atomic E-state index is -0.371. The molecule has 0 aromatic heterocycles. The summed E-state index contributed by atoms with van der Waals surface area (Å²) in [7, 11) is 0. The maximum Gasteiger partial charge on any atom is 0.321 e. The van der Waals surface area contributed by atoms with E-state index in [-0.39, 0.29) is 17.4 Å². The number of amides is 3. The highest BCUT2D eigenvalue weighted by Gasteiger charge is 2.48. The first-order chi connectivity index (χ1) is 14.0. The lowest BCUT2D eigenvalue weighted by Crippen LogP contribution is -2.57. The first-order valence-corrected chi connectivity index (χ1v) is 10.5. The Morgan fingerprint density at radius 2 is 1.62 bits per heavy atom. The Labute approximate surface area is 176 Å². The highest BCUT2D eigenvalue weighted by Crippen LogP contribution is 2.45. The van der Waals surface area contributed by atoms with Gasteiger partial charge in [0.1, 0.15) is 0 Å². The van der Waals surface area contributed by atoms with Crippen molar-refractivity contribution >= 4 is 29.2 Å². The number of hydrogen-bond acceptors (Lipinski definition) is 2. The van der Waals surface area contributed by atoms with Crippen LogP contribution in [0.2, 0.25) is 5.02 Å². The van der Waals surface area contributed by atoms with Crippen LogP contribution in [0.5, 0.6) is 0 Å². The summed E-state index contributed by atoms with van der Waals surface area (Å²) < 4.78 is 0. The molecule has 6 heteroatoms. The van der Waals surface area contributed by atoms with Crippen LogP contribution in [0.15, 0.2) is 48.5 Å². The normalized spacial score (nSPS) is 18.1. The number of hydrogen-bond donors (Lipinski definition) is 1. The summed E-state index contributed by atoms with van der Waals surface area (Å²) >= 11 is 6.14. The lowest BCUT2D eigenvalue weighted by atomic mass is 9.63. The fourth-order valence-electron chi connectivity index (χ4n) is 4.20. The second-order valence-corrected chi connectivity index (χ2v) is 8.38. The average molecular weight is 412 g/mol. The number of nitrogens with zero attached hydrogens (tertiary/aromatic N) is 2. The zero-order valence-electron chi connectivity index (χ0n) is 16.7. The number of nitrogens with one attached hydrogen (secondary N) is 1. The van der Waals surface area contributed by atoms with Crippen LogP contribution in [0.4, 0.5) is 10.5 Å². The molecule has 0 radical (unpaired) electrons. The van der Waals surface area contributed by atoms with Crippen LogP contribution in [0, 0.1) is 6.92 Å². The van der Waals surface area contributed by atoms with E-state index in [1.165, 1.54) is 0 Å². The van der Waals surface area contributed by atoms with Gasteiger partial charge in [-0.15, -0.1) is 0 Å². The van der Waals surface area contributed by atoms with Crippen molar-refractivity contribution in [1.29, 1.82) is 0 Å². The molecule has 2 aromatic rings. The maximum atomic E-state index is 13.3. The Bertz CT molecular complexity index is 904. The molecule has 1 saturated heterocycles. The van der Waals surface area contributed by atoms with Gasteiger partial charge < -0.3 is 15.1 Å². The molecule has 1 saturated carbocycles. The first-order valence-electron chi connectivity index (χ1n) is 10.2. The second-order valence-electron chi connectivity index (χ2n) is 7.98. The van der Waals surface area contributed by atoms with Crippen LogP contribution >= 0.6 is 11.6 Å². The third kappa shape index (κ3) is 3.84. The fraction of sp³-hybridized carbons (Fsp3) is 0.391. The quantitative estimate of drug-likeness (QED) is 0.811. The molecule has 1 aliphatic heterocycles. The van der Waals surface area contributed by atoms with Gasteiger partial charge in [0.15, 0.2) is 0 Å². The average Bonchev–Trinajstić information content (AvgIpc) is 2.71. The third-order valence-corrected chi connectivity index (χ3v) is 6.63. The standard InChI is InChI=1S/C23H26ClN3O2/c1-17-8-9-19(16-20(17)24)25-22(29)27-14-12-26(13-15-27)21(28)23(10-5-11-23)18-6-3-2-4-7-18/h2-4,6-9,16H,5,10-15H2,1H3,(H,25,29). The topological polar surface area (TPSA) is 52.7 Å². The van der Waals surface area contributed by atoms with Crippen molar-refractivity contribution < 1.29 is 9.59 Å². The van der Waals surface area contributed by atoms with Gasteiger partial charge in [0, 0.05) is 36.9 Å². The van der Waals surface area contributed by atoms with Gasteiger partial charge in [-0.25, -0.2) is 4.79 Å². The van der Waals surface area contributed by atoms with Crippen molar-refractivity contribution in [2.24, 2.45) is 0 Å². The number of carbonyl (C=O) groups excluding carboxylic acids is 2. The van der Waals surface area contributed by atoms with Gasteiger partial charge in [-0.05, 0) is 43.0 Å². The molecule has 1 heterocycles. The number of halogens is 1. The van der Waals surface area contributed by atoms with Crippen LogP contribution in [0.25, 0.3) is 0 Å². The monoisotopic (exact) mass is 411 g/mol. The zero-order valence-corrected chi connectivity index (χ0v) is 17.4. The summed E-state index contributed by atoms with van der Waals surface area (Å²) in [5, 5.41) is 3.53. The Hall–Kier alpha value is -2.53. The molecule has 2 aliphatic rings. The molecule has 2 aromatic carbocycles. The minimum Gasteiger partial charge on any atom is -0.338 e. The number of carbonyl (C=O) groups is 2. The van der Waals surface area contributed by atoms with E-state index in [1.54, 1.807) is 11.0 Å². The summed E-state index contributed by atoms with van der Waals surface area (Å²) in [4.78, 5) is 29.6. The lowest BCUT2D eigenvalue weighted by molar-refractivity contribution is -0.142. The van der Waals surface area contributed by atoms with Gasteiger partial charge >= 0.3 is 6.03 Å². The van der Waals surface area contributed by atoms with E-state index in [9.17, 15) is 9.59 Å². The molecule has 0 atom stereocenters. The Kier molecular flexibility index (Phi) is 5.50. The van der Waals surface area contributed by atoms with Crippen molar-refractivity contribution in [2.45, 2.75) is 31.6 Å². The van der Waals surface area contributed by atoms with Crippen molar-refractivity contribution in [3.8, 4) is 0 Å². The SMILES string of the molecule is Cc1ccc(NC(=O)N2CCN(C(=O)C3(c4ccccc4)CCC3)CC2)cc1Cl. The van der Waals surface area contributed by atoms with E-state index in [1.807, 2.05) is 42.2 Å². The number of aryl methyl sites for hydroxylation is 1. The highest BCUT2D eigenvalue weighted by atomic mass is 35.5. The summed E-state index contributed by atoms with van der Waals surface area (Å²) in [5.74, 6) is 0.209. The van der Waals surface area contributed by atoms with E-state index >= 15 is 0 Å². The van der Waals surface area contributed by atoms with Crippen LogP contribution in [-0.2, 0) is 10.2 Å².